The summed E-state index contributed by atoms with van der Waals surface area (Å²) in [6.45, 7) is 5.04. The van der Waals surface area contributed by atoms with Crippen molar-refractivity contribution in [2.24, 2.45) is 5.92 Å². The zero-order valence-electron chi connectivity index (χ0n) is 15.1. The monoisotopic (exact) mass is 343 g/mol. The van der Waals surface area contributed by atoms with Gasteiger partial charge in [0.15, 0.2) is 0 Å². The third-order valence-electron chi connectivity index (χ3n) is 5.88. The van der Waals surface area contributed by atoms with E-state index in [0.717, 1.165) is 44.3 Å². The summed E-state index contributed by atoms with van der Waals surface area (Å²) < 4.78 is 0. The van der Waals surface area contributed by atoms with Gasteiger partial charge in [-0.15, -0.1) is 0 Å². The van der Waals surface area contributed by atoms with Gasteiger partial charge in [-0.3, -0.25) is 20.4 Å². The maximum atomic E-state index is 12.5. The molecule has 1 amide bonds. The molecule has 2 saturated heterocycles. The molecular weight excluding hydrogens is 314 g/mol. The van der Waals surface area contributed by atoms with Crippen LogP contribution in [0.15, 0.2) is 30.3 Å². The number of likely N-dealkylation sites (tertiary alicyclic amines) is 1. The van der Waals surface area contributed by atoms with E-state index in [1.54, 1.807) is 6.92 Å². The van der Waals surface area contributed by atoms with E-state index in [0.29, 0.717) is 25.4 Å². The third kappa shape index (κ3) is 4.10. The summed E-state index contributed by atoms with van der Waals surface area (Å²) in [5.74, 6) is 1.09. The third-order valence-corrected chi connectivity index (χ3v) is 5.88. The van der Waals surface area contributed by atoms with Gasteiger partial charge < -0.3 is 4.90 Å². The molecule has 136 valence electrons. The summed E-state index contributed by atoms with van der Waals surface area (Å²) in [6.07, 6.45) is 4.11. The maximum Gasteiger partial charge on any atom is 0.222 e. The minimum Gasteiger partial charge on any atom is -0.343 e. The Bertz CT molecular complexity index is 588. The molecule has 25 heavy (non-hydrogen) atoms. The van der Waals surface area contributed by atoms with Gasteiger partial charge >= 0.3 is 0 Å². The van der Waals surface area contributed by atoms with Crippen molar-refractivity contribution in [1.29, 1.82) is 0 Å². The number of piperidine rings is 1. The Kier molecular flexibility index (Phi) is 5.86. The molecule has 0 aliphatic carbocycles. The molecule has 1 aromatic rings. The number of hydrogen-bond donors (Lipinski definition) is 2. The molecule has 0 radical (unpaired) electrons. The van der Waals surface area contributed by atoms with E-state index in [1.165, 1.54) is 0 Å². The first-order valence-corrected chi connectivity index (χ1v) is 9.42. The van der Waals surface area contributed by atoms with Gasteiger partial charge in [-0.05, 0) is 44.1 Å². The SMILES string of the molecule is CC(=O)C1(c2ccccc2)CCN(C(=O)CCCC2CNNC2)CC1. The van der Waals surface area contributed by atoms with Gasteiger partial charge in [-0.2, -0.15) is 0 Å². The normalized spacial score (nSPS) is 20.6. The molecule has 2 fully saturated rings. The molecule has 2 heterocycles. The number of nitrogens with one attached hydrogen (secondary N) is 2. The maximum absolute atomic E-state index is 12.5. The van der Waals surface area contributed by atoms with E-state index >= 15 is 0 Å². The fourth-order valence-corrected chi connectivity index (χ4v) is 4.15. The highest BCUT2D eigenvalue weighted by molar-refractivity contribution is 5.88. The zero-order chi connectivity index (χ0) is 17.7. The molecule has 0 spiro atoms. The molecular formula is C20H29N3O2. The lowest BCUT2D eigenvalue weighted by molar-refractivity contribution is -0.135. The van der Waals surface area contributed by atoms with Crippen molar-refractivity contribution in [1.82, 2.24) is 15.8 Å². The Balaban J connectivity index is 1.53. The number of ketones is 1. The molecule has 0 aromatic heterocycles. The van der Waals surface area contributed by atoms with Crippen LogP contribution in [0.5, 0.6) is 0 Å². The molecule has 0 bridgehead atoms. The Labute approximate surface area is 150 Å². The second-order valence-corrected chi connectivity index (χ2v) is 7.41. The van der Waals surface area contributed by atoms with Crippen molar-refractivity contribution in [2.45, 2.75) is 44.4 Å². The van der Waals surface area contributed by atoms with Crippen molar-refractivity contribution in [3.8, 4) is 0 Å². The molecule has 5 nitrogen and oxygen atoms in total. The average Bonchev–Trinajstić information content (AvgIpc) is 3.15. The lowest BCUT2D eigenvalue weighted by Crippen LogP contribution is -2.48. The number of carbonyl (C=O) groups is 2. The number of carbonyl (C=O) groups excluding carboxylic acids is 2. The fourth-order valence-electron chi connectivity index (χ4n) is 4.15. The molecule has 0 atom stereocenters. The molecule has 0 unspecified atom stereocenters. The summed E-state index contributed by atoms with van der Waals surface area (Å²) in [5, 5.41) is 0. The molecule has 3 rings (SSSR count). The first kappa shape index (κ1) is 18.1. The predicted octanol–water partition coefficient (Wildman–Crippen LogP) is 2.03. The van der Waals surface area contributed by atoms with Gasteiger partial charge in [0.05, 0.1) is 5.41 Å². The van der Waals surface area contributed by atoms with Crippen molar-refractivity contribution in [2.75, 3.05) is 26.2 Å². The van der Waals surface area contributed by atoms with Crippen LogP contribution in [0, 0.1) is 5.92 Å². The summed E-state index contributed by atoms with van der Waals surface area (Å²) in [4.78, 5) is 26.9. The van der Waals surface area contributed by atoms with E-state index in [2.05, 4.69) is 10.9 Å². The minimum absolute atomic E-state index is 0.215. The number of hydrogen-bond acceptors (Lipinski definition) is 4. The topological polar surface area (TPSA) is 61.4 Å². The van der Waals surface area contributed by atoms with Gasteiger partial charge in [0, 0.05) is 32.6 Å². The number of hydrazine groups is 1. The van der Waals surface area contributed by atoms with E-state index in [1.807, 2.05) is 35.2 Å². The van der Waals surface area contributed by atoms with Crippen LogP contribution in [0.2, 0.25) is 0 Å². The number of Topliss-reactive ketones (excluding diaryl/α,β-unsaturated/α-hetero) is 1. The van der Waals surface area contributed by atoms with Crippen molar-refractivity contribution < 1.29 is 9.59 Å². The number of rotatable bonds is 6. The lowest BCUT2D eigenvalue weighted by Gasteiger charge is -2.40. The van der Waals surface area contributed by atoms with Crippen LogP contribution in [-0.4, -0.2) is 42.8 Å². The fraction of sp³-hybridized carbons (Fsp3) is 0.600. The quantitative estimate of drug-likeness (QED) is 0.830. The van der Waals surface area contributed by atoms with Crippen LogP contribution < -0.4 is 10.9 Å². The standard InChI is InChI=1S/C20H29N3O2/c1-16(24)20(18-7-3-2-4-8-18)10-12-23(13-11-20)19(25)9-5-6-17-14-21-22-15-17/h2-4,7-8,17,21-22H,5-6,9-15H2,1H3. The second kappa shape index (κ2) is 8.11. The van der Waals surface area contributed by atoms with E-state index in [-0.39, 0.29) is 11.7 Å². The summed E-state index contributed by atoms with van der Waals surface area (Å²) in [6, 6.07) is 10.0. The van der Waals surface area contributed by atoms with Crippen molar-refractivity contribution >= 4 is 11.7 Å². The van der Waals surface area contributed by atoms with Crippen LogP contribution in [0.3, 0.4) is 0 Å². The Hall–Kier alpha value is -1.72. The van der Waals surface area contributed by atoms with E-state index < -0.39 is 5.41 Å². The Morgan fingerprint density at radius 3 is 2.36 bits per heavy atom. The highest BCUT2D eigenvalue weighted by atomic mass is 16.2. The first-order valence-electron chi connectivity index (χ1n) is 9.42. The average molecular weight is 343 g/mol. The highest BCUT2D eigenvalue weighted by Crippen LogP contribution is 2.36. The van der Waals surface area contributed by atoms with Gasteiger partial charge in [-0.1, -0.05) is 30.3 Å². The molecule has 5 heteroatoms. The molecule has 0 saturated carbocycles. The first-order chi connectivity index (χ1) is 12.1. The van der Waals surface area contributed by atoms with Crippen LogP contribution in [0.4, 0.5) is 0 Å². The molecule has 2 N–H and O–H groups in total. The smallest absolute Gasteiger partial charge is 0.222 e. The molecule has 1 aromatic carbocycles. The highest BCUT2D eigenvalue weighted by Gasteiger charge is 2.41. The number of nitrogens with zero attached hydrogens (tertiary/aromatic N) is 1. The van der Waals surface area contributed by atoms with Gasteiger partial charge in [-0.25, -0.2) is 0 Å². The summed E-state index contributed by atoms with van der Waals surface area (Å²) in [5.41, 5.74) is 6.94. The minimum atomic E-state index is -0.417. The lowest BCUT2D eigenvalue weighted by atomic mass is 9.70. The number of benzene rings is 1. The summed E-state index contributed by atoms with van der Waals surface area (Å²) >= 11 is 0. The van der Waals surface area contributed by atoms with Crippen molar-refractivity contribution in [3.63, 3.8) is 0 Å². The van der Waals surface area contributed by atoms with E-state index in [4.69, 9.17) is 0 Å². The van der Waals surface area contributed by atoms with Crippen LogP contribution >= 0.6 is 0 Å². The second-order valence-electron chi connectivity index (χ2n) is 7.41. The van der Waals surface area contributed by atoms with E-state index in [9.17, 15) is 9.59 Å². The summed E-state index contributed by atoms with van der Waals surface area (Å²) in [7, 11) is 0. The Morgan fingerprint density at radius 2 is 1.76 bits per heavy atom. The van der Waals surface area contributed by atoms with Crippen molar-refractivity contribution in [3.05, 3.63) is 35.9 Å². The predicted molar refractivity (Wildman–Crippen MR) is 98.0 cm³/mol. The van der Waals surface area contributed by atoms with Gasteiger partial charge in [0.2, 0.25) is 5.91 Å². The zero-order valence-corrected chi connectivity index (χ0v) is 15.1. The van der Waals surface area contributed by atoms with Crippen LogP contribution in [0.25, 0.3) is 0 Å². The Morgan fingerprint density at radius 1 is 1.12 bits per heavy atom. The molecule has 2 aliphatic heterocycles. The largest absolute Gasteiger partial charge is 0.343 e. The van der Waals surface area contributed by atoms with Crippen LogP contribution in [0.1, 0.15) is 44.6 Å². The van der Waals surface area contributed by atoms with Crippen LogP contribution in [-0.2, 0) is 15.0 Å². The number of amides is 1. The van der Waals surface area contributed by atoms with Gasteiger partial charge in [0.1, 0.15) is 5.78 Å². The van der Waals surface area contributed by atoms with Gasteiger partial charge in [0.25, 0.3) is 0 Å². The molecule has 2 aliphatic rings.